The van der Waals surface area contributed by atoms with Crippen molar-refractivity contribution in [1.82, 2.24) is 30.0 Å². The average molecular weight is 309 g/mol. The Morgan fingerprint density at radius 3 is 3.00 bits per heavy atom. The minimum absolute atomic E-state index is 0.0165. The van der Waals surface area contributed by atoms with Gasteiger partial charge in [0.25, 0.3) is 0 Å². The Morgan fingerprint density at radius 1 is 1.43 bits per heavy atom. The third-order valence-corrected chi connectivity index (χ3v) is 3.51. The third kappa shape index (κ3) is 2.76. The number of fused-ring (bicyclic) bond motifs is 1. The number of nitrogens with zero attached hydrogens (tertiary/aromatic N) is 5. The quantitative estimate of drug-likeness (QED) is 0.767. The van der Waals surface area contributed by atoms with Crippen LogP contribution in [-0.4, -0.2) is 36.8 Å². The Labute approximate surface area is 132 Å². The van der Waals surface area contributed by atoms with Gasteiger partial charge in [0.2, 0.25) is 0 Å². The second-order valence-corrected chi connectivity index (χ2v) is 5.43. The number of carbonyl (C=O) groups is 1. The van der Waals surface area contributed by atoms with Crippen LogP contribution < -0.4 is 5.32 Å². The Hall–Kier alpha value is -3.21. The molecule has 23 heavy (non-hydrogen) atoms. The molecule has 3 rings (SSSR count). The molecule has 2 N–H and O–H groups in total. The van der Waals surface area contributed by atoms with Gasteiger partial charge < -0.3 is 10.3 Å². The summed E-state index contributed by atoms with van der Waals surface area (Å²) >= 11 is 0. The number of pyridine rings is 1. The van der Waals surface area contributed by atoms with Gasteiger partial charge in [-0.1, -0.05) is 13.8 Å². The van der Waals surface area contributed by atoms with Crippen molar-refractivity contribution in [2.45, 2.75) is 19.9 Å². The highest BCUT2D eigenvalue weighted by atomic mass is 16.2. The van der Waals surface area contributed by atoms with Gasteiger partial charge in [0.05, 0.1) is 18.6 Å². The van der Waals surface area contributed by atoms with Crippen LogP contribution in [0.2, 0.25) is 0 Å². The van der Waals surface area contributed by atoms with Gasteiger partial charge in [-0.15, -0.1) is 0 Å². The van der Waals surface area contributed by atoms with E-state index in [9.17, 15) is 4.79 Å². The second-order valence-electron chi connectivity index (χ2n) is 5.43. The van der Waals surface area contributed by atoms with Crippen molar-refractivity contribution < 1.29 is 4.79 Å². The zero-order valence-corrected chi connectivity index (χ0v) is 12.7. The van der Waals surface area contributed by atoms with Crippen molar-refractivity contribution in [3.63, 3.8) is 0 Å². The van der Waals surface area contributed by atoms with E-state index in [1.165, 1.54) is 4.68 Å². The number of amides is 1. The van der Waals surface area contributed by atoms with Gasteiger partial charge in [-0.2, -0.15) is 15.0 Å². The van der Waals surface area contributed by atoms with E-state index in [4.69, 9.17) is 5.26 Å². The molecular formula is C15H15N7O. The average Bonchev–Trinajstić information content (AvgIpc) is 3.20. The molecule has 1 amide bonds. The second kappa shape index (κ2) is 5.88. The summed E-state index contributed by atoms with van der Waals surface area (Å²) in [5, 5.41) is 15.8. The molecule has 0 aromatic carbocycles. The summed E-state index contributed by atoms with van der Waals surface area (Å²) < 4.78 is 1.18. The Morgan fingerprint density at radius 2 is 2.26 bits per heavy atom. The summed E-state index contributed by atoms with van der Waals surface area (Å²) in [7, 11) is 0. The summed E-state index contributed by atoms with van der Waals surface area (Å²) in [6.07, 6.45) is 6.42. The molecule has 0 radical (unpaired) electrons. The van der Waals surface area contributed by atoms with Crippen LogP contribution in [0.4, 0.5) is 4.79 Å². The fourth-order valence-electron chi connectivity index (χ4n) is 2.20. The van der Waals surface area contributed by atoms with Crippen LogP contribution in [0.15, 0.2) is 31.0 Å². The number of nitriles is 1. The van der Waals surface area contributed by atoms with Crippen LogP contribution in [0.3, 0.4) is 0 Å². The van der Waals surface area contributed by atoms with E-state index in [0.717, 1.165) is 11.1 Å². The molecule has 116 valence electrons. The number of aromatic amines is 1. The summed E-state index contributed by atoms with van der Waals surface area (Å²) in [6.45, 7) is 3.74. The number of H-pyrrole nitrogens is 1. The van der Waals surface area contributed by atoms with Crippen LogP contribution >= 0.6 is 0 Å². The molecule has 0 aliphatic rings. The SMILES string of the molecule is CC(C)[C@@H](C#N)NC(=O)n1cc(-c2ccnc3[nH]cnc23)cn1. The first-order chi connectivity index (χ1) is 11.1. The number of rotatable bonds is 3. The zero-order valence-electron chi connectivity index (χ0n) is 12.7. The van der Waals surface area contributed by atoms with Crippen molar-refractivity contribution in [3.05, 3.63) is 31.0 Å². The summed E-state index contributed by atoms with van der Waals surface area (Å²) in [4.78, 5) is 23.5. The first-order valence-electron chi connectivity index (χ1n) is 7.13. The monoisotopic (exact) mass is 309 g/mol. The Kier molecular flexibility index (Phi) is 3.76. The molecule has 0 bridgehead atoms. The molecule has 0 saturated heterocycles. The highest BCUT2D eigenvalue weighted by Crippen LogP contribution is 2.24. The molecule has 3 heterocycles. The normalized spacial score (nSPS) is 12.3. The Balaban J connectivity index is 1.88. The smallest absolute Gasteiger partial charge is 0.329 e. The van der Waals surface area contributed by atoms with Crippen LogP contribution in [-0.2, 0) is 0 Å². The van der Waals surface area contributed by atoms with Crippen LogP contribution in [0.1, 0.15) is 13.8 Å². The maximum Gasteiger partial charge on any atom is 0.343 e. The first-order valence-corrected chi connectivity index (χ1v) is 7.13. The van der Waals surface area contributed by atoms with E-state index in [1.807, 2.05) is 19.9 Å². The largest absolute Gasteiger partial charge is 0.343 e. The van der Waals surface area contributed by atoms with Gasteiger partial charge in [0.15, 0.2) is 5.65 Å². The molecule has 8 nitrogen and oxygen atoms in total. The molecule has 3 aromatic heterocycles. The number of hydrogen-bond acceptors (Lipinski definition) is 5. The third-order valence-electron chi connectivity index (χ3n) is 3.51. The van der Waals surface area contributed by atoms with E-state index in [1.54, 1.807) is 24.9 Å². The highest BCUT2D eigenvalue weighted by Gasteiger charge is 2.17. The van der Waals surface area contributed by atoms with Gasteiger partial charge in [-0.3, -0.25) is 0 Å². The number of imidazole rings is 1. The van der Waals surface area contributed by atoms with E-state index >= 15 is 0 Å². The fraction of sp³-hybridized carbons (Fsp3) is 0.267. The van der Waals surface area contributed by atoms with Crippen molar-refractivity contribution in [3.8, 4) is 17.2 Å². The van der Waals surface area contributed by atoms with Crippen LogP contribution in [0, 0.1) is 17.2 Å². The van der Waals surface area contributed by atoms with Crippen LogP contribution in [0.25, 0.3) is 22.3 Å². The predicted octanol–water partition coefficient (Wildman–Crippen LogP) is 1.93. The molecule has 0 fully saturated rings. The molecule has 3 aromatic rings. The summed E-state index contributed by atoms with van der Waals surface area (Å²) in [5.41, 5.74) is 2.96. The Bertz CT molecular complexity index is 887. The lowest BCUT2D eigenvalue weighted by atomic mass is 10.1. The molecule has 0 aliphatic carbocycles. The predicted molar refractivity (Wildman–Crippen MR) is 83.3 cm³/mol. The minimum atomic E-state index is -0.561. The van der Waals surface area contributed by atoms with E-state index in [-0.39, 0.29) is 5.92 Å². The maximum atomic E-state index is 12.2. The molecule has 0 unspecified atom stereocenters. The lowest BCUT2D eigenvalue weighted by Crippen LogP contribution is -2.40. The minimum Gasteiger partial charge on any atom is -0.329 e. The molecule has 0 spiro atoms. The fourth-order valence-corrected chi connectivity index (χ4v) is 2.20. The van der Waals surface area contributed by atoms with Crippen molar-refractivity contribution in [2.24, 2.45) is 5.92 Å². The topological polar surface area (TPSA) is 112 Å². The lowest BCUT2D eigenvalue weighted by molar-refractivity contribution is 0.235. The molecule has 1 atom stereocenters. The van der Waals surface area contributed by atoms with Gasteiger partial charge >= 0.3 is 6.03 Å². The van der Waals surface area contributed by atoms with Gasteiger partial charge in [0.1, 0.15) is 11.6 Å². The standard InChI is InChI=1S/C15H15N7O/c1-9(2)12(5-16)21-15(23)22-7-10(6-20-22)11-3-4-17-14-13(11)18-8-19-14/h3-4,6-9,12H,1-2H3,(H,21,23)(H,17,18,19)/t12-/m1/s1. The van der Waals surface area contributed by atoms with Gasteiger partial charge in [0, 0.05) is 23.5 Å². The number of nitrogens with one attached hydrogen (secondary N) is 2. The van der Waals surface area contributed by atoms with E-state index in [0.29, 0.717) is 11.2 Å². The van der Waals surface area contributed by atoms with Crippen LogP contribution in [0.5, 0.6) is 0 Å². The molecular weight excluding hydrogens is 294 g/mol. The zero-order chi connectivity index (χ0) is 16.4. The lowest BCUT2D eigenvalue weighted by Gasteiger charge is -2.14. The first kappa shape index (κ1) is 14.7. The van der Waals surface area contributed by atoms with E-state index < -0.39 is 12.1 Å². The number of carbonyl (C=O) groups excluding carboxylic acids is 1. The van der Waals surface area contributed by atoms with E-state index in [2.05, 4.69) is 31.4 Å². The van der Waals surface area contributed by atoms with Crippen molar-refractivity contribution in [2.75, 3.05) is 0 Å². The molecule has 0 saturated carbocycles. The maximum absolute atomic E-state index is 12.2. The number of hydrogen-bond donors (Lipinski definition) is 2. The van der Waals surface area contributed by atoms with Gasteiger partial charge in [-0.05, 0) is 12.0 Å². The summed E-state index contributed by atoms with van der Waals surface area (Å²) in [6, 6.07) is 2.88. The summed E-state index contributed by atoms with van der Waals surface area (Å²) in [5.74, 6) is 0.0165. The van der Waals surface area contributed by atoms with Gasteiger partial charge in [-0.25, -0.2) is 14.8 Å². The number of aromatic nitrogens is 5. The van der Waals surface area contributed by atoms with Crippen molar-refractivity contribution >= 4 is 17.2 Å². The van der Waals surface area contributed by atoms with Crippen molar-refractivity contribution in [1.29, 1.82) is 5.26 Å². The highest BCUT2D eigenvalue weighted by molar-refractivity contribution is 5.89. The molecule has 8 heteroatoms. The molecule has 0 aliphatic heterocycles.